The Morgan fingerprint density at radius 2 is 1.61 bits per heavy atom. The zero-order chi connectivity index (χ0) is 14.2. The molecule has 0 saturated carbocycles. The zero-order valence-corrected chi connectivity index (χ0v) is 13.8. The summed E-state index contributed by atoms with van der Waals surface area (Å²) in [6, 6.07) is 0. The summed E-state index contributed by atoms with van der Waals surface area (Å²) in [7, 11) is 1.46. The lowest BCUT2D eigenvalue weighted by Crippen LogP contribution is -2.32. The number of phenols is 1. The Balaban J connectivity index is 3.38. The molecule has 0 bridgehead atoms. The van der Waals surface area contributed by atoms with Gasteiger partial charge in [0.05, 0.1) is 15.8 Å². The molecule has 0 atom stereocenters. The lowest BCUT2D eigenvalue weighted by atomic mass is 9.99. The van der Waals surface area contributed by atoms with E-state index in [2.05, 4.69) is 10.2 Å². The summed E-state index contributed by atoms with van der Waals surface area (Å²) in [5.41, 5.74) is 2.87. The minimum absolute atomic E-state index is 0.00588. The Kier molecular flexibility index (Phi) is 4.07. The Morgan fingerprint density at radius 3 is 2.06 bits per heavy atom. The minimum Gasteiger partial charge on any atom is -0.516 e. The van der Waals surface area contributed by atoms with Gasteiger partial charge in [-0.25, -0.2) is 4.79 Å². The highest BCUT2D eigenvalue weighted by molar-refractivity contribution is 6.71. The molecule has 0 amide bonds. The molecule has 0 unspecified atom stereocenters. The van der Waals surface area contributed by atoms with Crippen molar-refractivity contribution in [3.05, 3.63) is 22.3 Å². The van der Waals surface area contributed by atoms with E-state index < -0.39 is 14.3 Å². The van der Waals surface area contributed by atoms with Crippen LogP contribution in [0.5, 0.6) is 5.75 Å². The summed E-state index contributed by atoms with van der Waals surface area (Å²) in [4.78, 5) is 12.1. The summed E-state index contributed by atoms with van der Waals surface area (Å²) in [6.45, 7) is 11.4. The van der Waals surface area contributed by atoms with Crippen molar-refractivity contribution in [2.75, 3.05) is 0 Å². The van der Waals surface area contributed by atoms with Crippen molar-refractivity contribution in [3.8, 4) is 5.75 Å². The maximum absolute atomic E-state index is 12.1. The van der Waals surface area contributed by atoms with Gasteiger partial charge in [0.25, 0.3) is 0 Å². The molecule has 1 N–H and O–H groups in total. The van der Waals surface area contributed by atoms with Crippen molar-refractivity contribution in [1.82, 2.24) is 0 Å². The molecule has 97 valence electrons. The first-order chi connectivity index (χ1) is 8.06. The normalized spacial score (nSPS) is 11.5. The molecular weight excluding hydrogens is 260 g/mol. The third kappa shape index (κ3) is 2.84. The first-order valence-corrected chi connectivity index (χ1v) is 9.74. The Labute approximate surface area is 113 Å². The van der Waals surface area contributed by atoms with Gasteiger partial charge in [0.15, 0.2) is 0 Å². The Bertz CT molecular complexity index is 473. The zero-order valence-electron chi connectivity index (χ0n) is 11.8. The number of aromatic hydroxyl groups is 1. The molecule has 0 aliphatic rings. The third-order valence-electron chi connectivity index (χ3n) is 2.95. The first kappa shape index (κ1) is 15.0. The van der Waals surface area contributed by atoms with Crippen LogP contribution in [-0.4, -0.2) is 29.6 Å². The molecule has 1 aromatic rings. The van der Waals surface area contributed by atoms with Crippen LogP contribution < -0.4 is 5.19 Å². The fraction of sp³-hybridized carbons (Fsp3) is 0.462. The average Bonchev–Trinajstić information content (AvgIpc) is 2.21. The highest BCUT2D eigenvalue weighted by atomic mass is 28.4. The molecule has 5 heteroatoms. The largest absolute Gasteiger partial charge is 0.516 e. The van der Waals surface area contributed by atoms with E-state index >= 15 is 0 Å². The van der Waals surface area contributed by atoms with Gasteiger partial charge in [-0.15, -0.1) is 0 Å². The molecular formula is C13H19O3Si2. The summed E-state index contributed by atoms with van der Waals surface area (Å²) in [5, 5.41) is 10.7. The second kappa shape index (κ2) is 4.89. The lowest BCUT2D eigenvalue weighted by molar-refractivity contribution is 0.0723. The molecule has 0 aliphatic heterocycles. The predicted octanol–water partition coefficient (Wildman–Crippen LogP) is 2.10. The van der Waals surface area contributed by atoms with E-state index in [4.69, 9.17) is 4.43 Å². The van der Waals surface area contributed by atoms with Crippen molar-refractivity contribution in [2.24, 2.45) is 0 Å². The van der Waals surface area contributed by atoms with Gasteiger partial charge >= 0.3 is 5.97 Å². The predicted molar refractivity (Wildman–Crippen MR) is 76.5 cm³/mol. The Morgan fingerprint density at radius 1 is 1.11 bits per heavy atom. The van der Waals surface area contributed by atoms with Crippen molar-refractivity contribution >= 4 is 29.7 Å². The SMILES string of the molecule is Cc1c(C)c(O)c(C(=O)O[Si](C)(C)C)c([Si])c1C. The van der Waals surface area contributed by atoms with Crippen LogP contribution in [0.4, 0.5) is 0 Å². The molecule has 0 aliphatic carbocycles. The highest BCUT2D eigenvalue weighted by Gasteiger charge is 2.26. The molecule has 0 heterocycles. The van der Waals surface area contributed by atoms with E-state index in [0.717, 1.165) is 16.7 Å². The number of carbonyl (C=O) groups excluding carboxylic acids is 1. The number of hydrogen-bond donors (Lipinski definition) is 1. The smallest absolute Gasteiger partial charge is 0.328 e. The Hall–Kier alpha value is -1.08. The number of benzene rings is 1. The van der Waals surface area contributed by atoms with Crippen molar-refractivity contribution in [3.63, 3.8) is 0 Å². The number of rotatable bonds is 2. The number of hydrogen-bond acceptors (Lipinski definition) is 3. The van der Waals surface area contributed by atoms with Crippen LogP contribution in [-0.2, 0) is 4.43 Å². The fourth-order valence-corrected chi connectivity index (χ4v) is 2.73. The maximum Gasteiger partial charge on any atom is 0.328 e. The standard InChI is InChI=1S/C13H19O3Si2/c1-7-8(2)11(14)10(12(17)9(7)3)13(15)16-18(4,5)6/h14H,1-6H3. The van der Waals surface area contributed by atoms with Crippen molar-refractivity contribution in [1.29, 1.82) is 0 Å². The molecule has 1 aromatic carbocycles. The van der Waals surface area contributed by atoms with Gasteiger partial charge in [0.2, 0.25) is 8.32 Å². The first-order valence-electron chi connectivity index (χ1n) is 5.84. The summed E-state index contributed by atoms with van der Waals surface area (Å²) in [5.74, 6) is -0.450. The van der Waals surface area contributed by atoms with E-state index in [0.29, 0.717) is 5.19 Å². The minimum atomic E-state index is -1.98. The van der Waals surface area contributed by atoms with E-state index in [1.807, 2.05) is 33.5 Å². The summed E-state index contributed by atoms with van der Waals surface area (Å²) >= 11 is 0. The van der Waals surface area contributed by atoms with E-state index in [-0.39, 0.29) is 11.3 Å². The van der Waals surface area contributed by atoms with Crippen molar-refractivity contribution in [2.45, 2.75) is 40.4 Å². The monoisotopic (exact) mass is 279 g/mol. The van der Waals surface area contributed by atoms with Crippen LogP contribution in [0.25, 0.3) is 0 Å². The van der Waals surface area contributed by atoms with Crippen LogP contribution in [0, 0.1) is 20.8 Å². The van der Waals surface area contributed by atoms with Crippen LogP contribution in [0.15, 0.2) is 0 Å². The van der Waals surface area contributed by atoms with Gasteiger partial charge < -0.3 is 9.53 Å². The second-order valence-electron chi connectivity index (χ2n) is 5.48. The lowest BCUT2D eigenvalue weighted by Gasteiger charge is -2.21. The van der Waals surface area contributed by atoms with Crippen LogP contribution in [0.1, 0.15) is 27.0 Å². The van der Waals surface area contributed by atoms with Gasteiger partial charge in [-0.3, -0.25) is 0 Å². The number of carbonyl (C=O) groups is 1. The van der Waals surface area contributed by atoms with Gasteiger partial charge in [-0.05, 0) is 62.3 Å². The molecule has 0 aromatic heterocycles. The third-order valence-corrected chi connectivity index (χ3v) is 4.37. The number of phenolic OH excluding ortho intramolecular Hbond substituents is 1. The van der Waals surface area contributed by atoms with Gasteiger partial charge in [0.1, 0.15) is 5.75 Å². The topological polar surface area (TPSA) is 46.5 Å². The molecule has 3 radical (unpaired) electrons. The fourth-order valence-electron chi connectivity index (χ4n) is 1.67. The van der Waals surface area contributed by atoms with Crippen LogP contribution in [0.2, 0.25) is 19.6 Å². The molecule has 1 rings (SSSR count). The van der Waals surface area contributed by atoms with Crippen molar-refractivity contribution < 1.29 is 14.3 Å². The molecule has 3 nitrogen and oxygen atoms in total. The quantitative estimate of drug-likeness (QED) is 0.843. The maximum atomic E-state index is 12.1. The molecule has 0 saturated heterocycles. The highest BCUT2D eigenvalue weighted by Crippen LogP contribution is 2.27. The van der Waals surface area contributed by atoms with Gasteiger partial charge in [-0.1, -0.05) is 0 Å². The van der Waals surface area contributed by atoms with Crippen LogP contribution in [0.3, 0.4) is 0 Å². The van der Waals surface area contributed by atoms with E-state index in [1.54, 1.807) is 6.92 Å². The van der Waals surface area contributed by atoms with Crippen LogP contribution >= 0.6 is 0 Å². The second-order valence-corrected chi connectivity index (χ2v) is 10.4. The molecule has 0 spiro atoms. The summed E-state index contributed by atoms with van der Waals surface area (Å²) in [6.07, 6.45) is 0. The molecule has 18 heavy (non-hydrogen) atoms. The van der Waals surface area contributed by atoms with E-state index in [1.165, 1.54) is 0 Å². The van der Waals surface area contributed by atoms with Gasteiger partial charge in [0, 0.05) is 0 Å². The summed E-state index contributed by atoms with van der Waals surface area (Å²) < 4.78 is 5.44. The average molecular weight is 279 g/mol. The molecule has 0 fully saturated rings. The van der Waals surface area contributed by atoms with E-state index in [9.17, 15) is 9.90 Å². The van der Waals surface area contributed by atoms with Gasteiger partial charge in [-0.2, -0.15) is 0 Å².